The first kappa shape index (κ1) is 14.9. The molecule has 20 heavy (non-hydrogen) atoms. The van der Waals surface area contributed by atoms with Crippen molar-refractivity contribution in [3.63, 3.8) is 0 Å². The summed E-state index contributed by atoms with van der Waals surface area (Å²) in [6.45, 7) is 7.17. The molecule has 0 saturated carbocycles. The molecule has 108 valence electrons. The van der Waals surface area contributed by atoms with Gasteiger partial charge in [-0.3, -0.25) is 0 Å². The standard InChI is InChI=1S/C15H19FN2OS/c1-15(2,3)18-9-11-4-5-13(12(16)8-11)19-10-14-17-6-7-20-14/h4-8,18H,9-10H2,1-3H3. The average molecular weight is 294 g/mol. The first-order chi connectivity index (χ1) is 9.44. The lowest BCUT2D eigenvalue weighted by atomic mass is 10.1. The molecule has 2 rings (SSSR count). The Morgan fingerprint density at radius 2 is 2.15 bits per heavy atom. The van der Waals surface area contributed by atoms with Crippen LogP contribution in [0.3, 0.4) is 0 Å². The summed E-state index contributed by atoms with van der Waals surface area (Å²) >= 11 is 1.49. The summed E-state index contributed by atoms with van der Waals surface area (Å²) in [5, 5.41) is 6.03. The average Bonchev–Trinajstić information content (AvgIpc) is 2.87. The molecule has 0 fully saturated rings. The third-order valence-corrected chi connectivity index (χ3v) is 3.41. The highest BCUT2D eigenvalue weighted by Gasteiger charge is 2.10. The molecule has 0 aliphatic carbocycles. The highest BCUT2D eigenvalue weighted by molar-refractivity contribution is 7.09. The lowest BCUT2D eigenvalue weighted by Gasteiger charge is -2.20. The Morgan fingerprint density at radius 1 is 1.35 bits per heavy atom. The van der Waals surface area contributed by atoms with Crippen LogP contribution < -0.4 is 10.1 Å². The number of halogens is 1. The third-order valence-electron chi connectivity index (χ3n) is 2.65. The van der Waals surface area contributed by atoms with Crippen LogP contribution in [0.1, 0.15) is 31.3 Å². The first-order valence-corrected chi connectivity index (χ1v) is 7.37. The highest BCUT2D eigenvalue weighted by Crippen LogP contribution is 2.20. The molecule has 0 saturated heterocycles. The van der Waals surface area contributed by atoms with E-state index in [0.717, 1.165) is 10.6 Å². The molecule has 1 aromatic carbocycles. The minimum atomic E-state index is -0.338. The van der Waals surface area contributed by atoms with Crippen LogP contribution in [0.25, 0.3) is 0 Å². The fourth-order valence-electron chi connectivity index (χ4n) is 1.60. The summed E-state index contributed by atoms with van der Waals surface area (Å²) in [5.41, 5.74) is 0.912. The second-order valence-corrected chi connectivity index (χ2v) is 6.56. The molecule has 0 radical (unpaired) electrons. The normalized spacial score (nSPS) is 11.6. The zero-order chi connectivity index (χ0) is 14.6. The van der Waals surface area contributed by atoms with E-state index in [1.165, 1.54) is 17.4 Å². The fourth-order valence-corrected chi connectivity index (χ4v) is 2.13. The van der Waals surface area contributed by atoms with Crippen molar-refractivity contribution < 1.29 is 9.13 Å². The first-order valence-electron chi connectivity index (χ1n) is 6.49. The molecule has 0 unspecified atom stereocenters. The Morgan fingerprint density at radius 3 is 2.75 bits per heavy atom. The van der Waals surface area contributed by atoms with Gasteiger partial charge in [0, 0.05) is 23.7 Å². The summed E-state index contributed by atoms with van der Waals surface area (Å²) in [4.78, 5) is 4.10. The van der Waals surface area contributed by atoms with Crippen molar-refractivity contribution in [2.45, 2.75) is 39.5 Å². The second-order valence-electron chi connectivity index (χ2n) is 5.58. The monoisotopic (exact) mass is 294 g/mol. The Labute approximate surface area is 122 Å². The van der Waals surface area contributed by atoms with Crippen molar-refractivity contribution in [2.75, 3.05) is 0 Å². The van der Waals surface area contributed by atoms with Crippen LogP contribution in [0.2, 0.25) is 0 Å². The number of rotatable bonds is 5. The fraction of sp³-hybridized carbons (Fsp3) is 0.400. The predicted octanol–water partition coefficient (Wildman–Crippen LogP) is 3.75. The lowest BCUT2D eigenvalue weighted by Crippen LogP contribution is -2.35. The van der Waals surface area contributed by atoms with E-state index in [-0.39, 0.29) is 17.1 Å². The highest BCUT2D eigenvalue weighted by atomic mass is 32.1. The summed E-state index contributed by atoms with van der Waals surface area (Å²) in [6, 6.07) is 5.05. The lowest BCUT2D eigenvalue weighted by molar-refractivity contribution is 0.289. The molecule has 1 heterocycles. The van der Waals surface area contributed by atoms with Crippen LogP contribution in [-0.4, -0.2) is 10.5 Å². The molecule has 1 N–H and O–H groups in total. The Hall–Kier alpha value is -1.46. The van der Waals surface area contributed by atoms with Crippen molar-refractivity contribution in [3.05, 3.63) is 46.2 Å². The van der Waals surface area contributed by atoms with Crippen molar-refractivity contribution in [3.8, 4) is 5.75 Å². The number of benzene rings is 1. The molecule has 0 bridgehead atoms. The number of thiazole rings is 1. The molecule has 0 aliphatic rings. The summed E-state index contributed by atoms with van der Waals surface area (Å²) in [5.74, 6) is -0.0746. The molecule has 5 heteroatoms. The zero-order valence-electron chi connectivity index (χ0n) is 11.9. The van der Waals surface area contributed by atoms with Crippen molar-refractivity contribution in [1.29, 1.82) is 0 Å². The van der Waals surface area contributed by atoms with Gasteiger partial charge in [0.1, 0.15) is 11.6 Å². The second kappa shape index (κ2) is 6.33. The number of hydrogen-bond acceptors (Lipinski definition) is 4. The predicted molar refractivity (Wildman–Crippen MR) is 79.4 cm³/mol. The molecular formula is C15H19FN2OS. The molecule has 0 atom stereocenters. The number of nitrogens with zero attached hydrogens (tertiary/aromatic N) is 1. The summed E-state index contributed by atoms with van der Waals surface area (Å²) in [7, 11) is 0. The van der Waals surface area contributed by atoms with Gasteiger partial charge < -0.3 is 10.1 Å². The quantitative estimate of drug-likeness (QED) is 0.912. The minimum Gasteiger partial charge on any atom is -0.483 e. The van der Waals surface area contributed by atoms with Crippen LogP contribution in [-0.2, 0) is 13.2 Å². The minimum absolute atomic E-state index is 0.0104. The van der Waals surface area contributed by atoms with Gasteiger partial charge in [0.25, 0.3) is 0 Å². The molecule has 0 aliphatic heterocycles. The van der Waals surface area contributed by atoms with Crippen molar-refractivity contribution in [2.24, 2.45) is 0 Å². The van der Waals surface area contributed by atoms with Crippen molar-refractivity contribution in [1.82, 2.24) is 10.3 Å². The molecule has 2 aromatic rings. The Kier molecular flexibility index (Phi) is 4.73. The number of nitrogens with one attached hydrogen (secondary N) is 1. The molecule has 0 spiro atoms. The topological polar surface area (TPSA) is 34.1 Å². The van der Waals surface area contributed by atoms with Crippen LogP contribution in [0.15, 0.2) is 29.8 Å². The van der Waals surface area contributed by atoms with Gasteiger partial charge in [0.15, 0.2) is 11.6 Å². The molecule has 0 amide bonds. The summed E-state index contributed by atoms with van der Waals surface area (Å²) in [6.07, 6.45) is 1.71. The third kappa shape index (κ3) is 4.58. The smallest absolute Gasteiger partial charge is 0.165 e. The SMILES string of the molecule is CC(C)(C)NCc1ccc(OCc2nccs2)c(F)c1. The number of aromatic nitrogens is 1. The maximum Gasteiger partial charge on any atom is 0.165 e. The van der Waals surface area contributed by atoms with Gasteiger partial charge in [0.2, 0.25) is 0 Å². The van der Waals surface area contributed by atoms with Crippen LogP contribution in [0.4, 0.5) is 4.39 Å². The Balaban J connectivity index is 1.95. The number of hydrogen-bond donors (Lipinski definition) is 1. The van der Waals surface area contributed by atoms with Gasteiger partial charge in [-0.15, -0.1) is 11.3 Å². The van der Waals surface area contributed by atoms with Crippen molar-refractivity contribution >= 4 is 11.3 Å². The molecule has 1 aromatic heterocycles. The Bertz CT molecular complexity index is 549. The van der Waals surface area contributed by atoms with Gasteiger partial charge >= 0.3 is 0 Å². The van der Waals surface area contributed by atoms with E-state index in [2.05, 4.69) is 31.1 Å². The number of ether oxygens (including phenoxy) is 1. The van der Waals surface area contributed by atoms with E-state index in [0.29, 0.717) is 13.2 Å². The summed E-state index contributed by atoms with van der Waals surface area (Å²) < 4.78 is 19.4. The van der Waals surface area contributed by atoms with Gasteiger partial charge in [-0.05, 0) is 38.5 Å². The van der Waals surface area contributed by atoms with Gasteiger partial charge in [-0.2, -0.15) is 0 Å². The maximum absolute atomic E-state index is 13.9. The van der Waals surface area contributed by atoms with E-state index < -0.39 is 0 Å². The van der Waals surface area contributed by atoms with Gasteiger partial charge in [-0.1, -0.05) is 6.07 Å². The van der Waals surface area contributed by atoms with Crippen LogP contribution in [0, 0.1) is 5.82 Å². The van der Waals surface area contributed by atoms with E-state index in [1.54, 1.807) is 12.3 Å². The van der Waals surface area contributed by atoms with E-state index in [9.17, 15) is 4.39 Å². The van der Waals surface area contributed by atoms with Gasteiger partial charge in [0.05, 0.1) is 0 Å². The van der Waals surface area contributed by atoms with E-state index >= 15 is 0 Å². The largest absolute Gasteiger partial charge is 0.483 e. The molecular weight excluding hydrogens is 275 g/mol. The maximum atomic E-state index is 13.9. The van der Waals surface area contributed by atoms with Crippen LogP contribution >= 0.6 is 11.3 Å². The molecule has 3 nitrogen and oxygen atoms in total. The zero-order valence-corrected chi connectivity index (χ0v) is 12.8. The van der Waals surface area contributed by atoms with Crippen LogP contribution in [0.5, 0.6) is 5.75 Å². The van der Waals surface area contributed by atoms with E-state index in [4.69, 9.17) is 4.74 Å². The van der Waals surface area contributed by atoms with Gasteiger partial charge in [-0.25, -0.2) is 9.37 Å². The van der Waals surface area contributed by atoms with E-state index in [1.807, 2.05) is 11.4 Å².